The fourth-order valence-electron chi connectivity index (χ4n) is 2.32. The number of fused-ring (bicyclic) bond motifs is 1. The van der Waals surface area contributed by atoms with Gasteiger partial charge in [-0.15, -0.1) is 0 Å². The normalized spacial score (nSPS) is 10.8. The van der Waals surface area contributed by atoms with Crippen LogP contribution in [0.3, 0.4) is 0 Å². The van der Waals surface area contributed by atoms with Crippen molar-refractivity contribution >= 4 is 50.2 Å². The van der Waals surface area contributed by atoms with E-state index in [4.69, 9.17) is 0 Å². The molecular weight excluding hydrogens is 402 g/mol. The number of aromatic nitrogens is 2. The fraction of sp³-hybridized carbons (Fsp3) is 0.167. The number of thioether (sulfide) groups is 1. The summed E-state index contributed by atoms with van der Waals surface area (Å²) < 4.78 is 2.42. The van der Waals surface area contributed by atoms with Gasteiger partial charge in [-0.3, -0.25) is 14.2 Å². The Labute approximate surface area is 157 Å². The van der Waals surface area contributed by atoms with E-state index in [1.165, 1.54) is 16.3 Å². The van der Waals surface area contributed by atoms with Crippen LogP contribution in [-0.4, -0.2) is 21.2 Å². The first kappa shape index (κ1) is 17.7. The van der Waals surface area contributed by atoms with Gasteiger partial charge in [0.25, 0.3) is 5.56 Å². The molecule has 0 saturated carbocycles. The molecule has 1 aromatic heterocycles. The Morgan fingerprint density at radius 2 is 2.04 bits per heavy atom. The summed E-state index contributed by atoms with van der Waals surface area (Å²) in [6, 6.07) is 12.8. The zero-order valence-electron chi connectivity index (χ0n) is 13.7. The van der Waals surface area contributed by atoms with E-state index in [2.05, 4.69) is 26.2 Å². The Kier molecular flexibility index (Phi) is 5.24. The first-order valence-corrected chi connectivity index (χ1v) is 9.38. The number of para-hydroxylation sites is 1. The van der Waals surface area contributed by atoms with Crippen LogP contribution in [0.5, 0.6) is 0 Å². The molecule has 0 spiro atoms. The first-order chi connectivity index (χ1) is 12.0. The molecule has 1 N–H and O–H groups in total. The highest BCUT2D eigenvalue weighted by Crippen LogP contribution is 2.21. The standard InChI is InChI=1S/C18H16BrN3O2S/c1-11-7-8-12(9-14(11)19)20-16(23)10-25-18-21-15-6-4-3-5-13(15)17(24)22(18)2/h3-9H,10H2,1-2H3,(H,20,23). The summed E-state index contributed by atoms with van der Waals surface area (Å²) >= 11 is 4.69. The molecule has 0 aliphatic heterocycles. The van der Waals surface area contributed by atoms with Crippen molar-refractivity contribution in [1.29, 1.82) is 0 Å². The van der Waals surface area contributed by atoms with E-state index in [-0.39, 0.29) is 17.2 Å². The summed E-state index contributed by atoms with van der Waals surface area (Å²) in [6.45, 7) is 1.98. The van der Waals surface area contributed by atoms with Crippen molar-refractivity contribution in [3.8, 4) is 0 Å². The van der Waals surface area contributed by atoms with Gasteiger partial charge in [0.15, 0.2) is 5.16 Å². The SMILES string of the molecule is Cc1ccc(NC(=O)CSc2nc3ccccc3c(=O)n2C)cc1Br. The number of nitrogens with zero attached hydrogens (tertiary/aromatic N) is 2. The van der Waals surface area contributed by atoms with Gasteiger partial charge in [-0.25, -0.2) is 4.98 Å². The minimum Gasteiger partial charge on any atom is -0.325 e. The third-order valence-electron chi connectivity index (χ3n) is 3.73. The molecule has 0 aliphatic carbocycles. The number of carbonyl (C=O) groups is 1. The van der Waals surface area contributed by atoms with Crippen LogP contribution in [0.4, 0.5) is 5.69 Å². The number of halogens is 1. The van der Waals surface area contributed by atoms with E-state index in [1.807, 2.05) is 37.3 Å². The fourth-order valence-corrected chi connectivity index (χ4v) is 3.48. The maximum Gasteiger partial charge on any atom is 0.261 e. The minimum absolute atomic E-state index is 0.115. The summed E-state index contributed by atoms with van der Waals surface area (Å²) in [5.74, 6) is 0.0209. The number of nitrogens with one attached hydrogen (secondary N) is 1. The van der Waals surface area contributed by atoms with Gasteiger partial charge in [-0.2, -0.15) is 0 Å². The van der Waals surface area contributed by atoms with Crippen LogP contribution in [0.15, 0.2) is 56.9 Å². The summed E-state index contributed by atoms with van der Waals surface area (Å²) in [7, 11) is 1.67. The third-order valence-corrected chi connectivity index (χ3v) is 5.61. The van der Waals surface area contributed by atoms with Crippen molar-refractivity contribution in [2.45, 2.75) is 12.1 Å². The number of hydrogen-bond acceptors (Lipinski definition) is 4. The molecule has 0 fully saturated rings. The summed E-state index contributed by atoms with van der Waals surface area (Å²) in [6.07, 6.45) is 0. The van der Waals surface area contributed by atoms with E-state index in [0.29, 0.717) is 16.1 Å². The molecule has 0 radical (unpaired) electrons. The Bertz CT molecular complexity index is 1020. The lowest BCUT2D eigenvalue weighted by molar-refractivity contribution is -0.113. The van der Waals surface area contributed by atoms with Gasteiger partial charge in [0.1, 0.15) is 0 Å². The van der Waals surface area contributed by atoms with E-state index in [1.54, 1.807) is 19.2 Å². The van der Waals surface area contributed by atoms with Crippen molar-refractivity contribution in [2.24, 2.45) is 7.05 Å². The Hall–Kier alpha value is -2.12. The summed E-state index contributed by atoms with van der Waals surface area (Å²) in [4.78, 5) is 29.0. The average Bonchev–Trinajstić information content (AvgIpc) is 2.60. The average molecular weight is 418 g/mol. The Morgan fingerprint density at radius 1 is 1.28 bits per heavy atom. The lowest BCUT2D eigenvalue weighted by Crippen LogP contribution is -2.21. The molecule has 1 heterocycles. The van der Waals surface area contributed by atoms with Crippen molar-refractivity contribution in [2.75, 3.05) is 11.1 Å². The van der Waals surface area contributed by atoms with Gasteiger partial charge in [-0.1, -0.05) is 45.9 Å². The molecule has 1 amide bonds. The van der Waals surface area contributed by atoms with E-state index < -0.39 is 0 Å². The van der Waals surface area contributed by atoms with Crippen LogP contribution in [0.2, 0.25) is 0 Å². The van der Waals surface area contributed by atoms with Gasteiger partial charge in [-0.05, 0) is 36.8 Å². The molecule has 128 valence electrons. The lowest BCUT2D eigenvalue weighted by atomic mass is 10.2. The van der Waals surface area contributed by atoms with E-state index in [0.717, 1.165) is 15.7 Å². The molecule has 25 heavy (non-hydrogen) atoms. The first-order valence-electron chi connectivity index (χ1n) is 7.60. The molecule has 0 unspecified atom stereocenters. The van der Waals surface area contributed by atoms with Crippen LogP contribution in [0.1, 0.15) is 5.56 Å². The van der Waals surface area contributed by atoms with Gasteiger partial charge >= 0.3 is 0 Å². The summed E-state index contributed by atoms with van der Waals surface area (Å²) in [5, 5.41) is 3.94. The molecule has 3 aromatic rings. The second-order valence-corrected chi connectivity index (χ2v) is 7.37. The van der Waals surface area contributed by atoms with Crippen molar-refractivity contribution in [3.05, 3.63) is 62.9 Å². The van der Waals surface area contributed by atoms with E-state index >= 15 is 0 Å². The highest BCUT2D eigenvalue weighted by atomic mass is 79.9. The highest BCUT2D eigenvalue weighted by Gasteiger charge is 2.11. The zero-order valence-corrected chi connectivity index (χ0v) is 16.1. The molecule has 0 bridgehead atoms. The molecule has 0 aliphatic rings. The van der Waals surface area contributed by atoms with Crippen molar-refractivity contribution < 1.29 is 4.79 Å². The topological polar surface area (TPSA) is 64.0 Å². The molecule has 0 saturated heterocycles. The second-order valence-electron chi connectivity index (χ2n) is 5.58. The molecular formula is C18H16BrN3O2S. The maximum absolute atomic E-state index is 12.4. The van der Waals surface area contributed by atoms with Gasteiger partial charge in [0, 0.05) is 17.2 Å². The smallest absolute Gasteiger partial charge is 0.261 e. The number of hydrogen-bond donors (Lipinski definition) is 1. The number of amides is 1. The number of aryl methyl sites for hydroxylation is 1. The van der Waals surface area contributed by atoms with Gasteiger partial charge < -0.3 is 5.32 Å². The monoisotopic (exact) mass is 417 g/mol. The highest BCUT2D eigenvalue weighted by molar-refractivity contribution is 9.10. The molecule has 2 aromatic carbocycles. The van der Waals surface area contributed by atoms with E-state index in [9.17, 15) is 9.59 Å². The molecule has 5 nitrogen and oxygen atoms in total. The maximum atomic E-state index is 12.4. The number of benzene rings is 2. The number of carbonyl (C=O) groups excluding carboxylic acids is 1. The Balaban J connectivity index is 1.73. The molecule has 3 rings (SSSR count). The second kappa shape index (κ2) is 7.41. The Morgan fingerprint density at radius 3 is 2.80 bits per heavy atom. The zero-order chi connectivity index (χ0) is 18.0. The predicted octanol–water partition coefficient (Wildman–Crippen LogP) is 3.74. The van der Waals surface area contributed by atoms with Crippen LogP contribution in [0, 0.1) is 6.92 Å². The number of rotatable bonds is 4. The summed E-state index contributed by atoms with van der Waals surface area (Å²) in [5.41, 5.74) is 2.35. The van der Waals surface area contributed by atoms with Gasteiger partial charge in [0.2, 0.25) is 5.91 Å². The van der Waals surface area contributed by atoms with Crippen LogP contribution in [-0.2, 0) is 11.8 Å². The van der Waals surface area contributed by atoms with Crippen LogP contribution in [0.25, 0.3) is 10.9 Å². The van der Waals surface area contributed by atoms with Crippen LogP contribution >= 0.6 is 27.7 Å². The largest absolute Gasteiger partial charge is 0.325 e. The third kappa shape index (κ3) is 3.93. The van der Waals surface area contributed by atoms with Crippen molar-refractivity contribution in [1.82, 2.24) is 9.55 Å². The predicted molar refractivity (Wildman–Crippen MR) is 105 cm³/mol. The number of anilines is 1. The van der Waals surface area contributed by atoms with Crippen molar-refractivity contribution in [3.63, 3.8) is 0 Å². The van der Waals surface area contributed by atoms with Gasteiger partial charge in [0.05, 0.1) is 16.7 Å². The molecule has 0 atom stereocenters. The minimum atomic E-state index is -0.150. The lowest BCUT2D eigenvalue weighted by Gasteiger charge is -2.09. The quantitative estimate of drug-likeness (QED) is 0.518. The molecule has 7 heteroatoms. The van der Waals surface area contributed by atoms with Crippen LogP contribution < -0.4 is 10.9 Å².